The van der Waals surface area contributed by atoms with Gasteiger partial charge in [-0.25, -0.2) is 0 Å². The molecule has 0 aliphatic heterocycles. The van der Waals surface area contributed by atoms with Gasteiger partial charge in [0.2, 0.25) is 0 Å². The average Bonchev–Trinajstić information content (AvgIpc) is 2.90. The first-order chi connectivity index (χ1) is 18.2. The van der Waals surface area contributed by atoms with Gasteiger partial charge in [0.1, 0.15) is 0 Å². The molecule has 0 saturated heterocycles. The van der Waals surface area contributed by atoms with Gasteiger partial charge in [0.15, 0.2) is 0 Å². The van der Waals surface area contributed by atoms with Crippen LogP contribution in [-0.4, -0.2) is 79.6 Å². The monoisotopic (exact) mass is 610 g/mol. The molecule has 3 amide bonds. The fourth-order valence-corrected chi connectivity index (χ4v) is 7.18. The quantitative estimate of drug-likeness (QED) is 0.140. The molecule has 2 aromatic carbocycles. The van der Waals surface area contributed by atoms with Gasteiger partial charge < -0.3 is 0 Å². The van der Waals surface area contributed by atoms with Crippen molar-refractivity contribution in [1.29, 1.82) is 0 Å². The Bertz CT molecular complexity index is 1120. The molecule has 6 N–H and O–H groups in total. The molecule has 0 aromatic heterocycles. The predicted octanol–water partition coefficient (Wildman–Crippen LogP) is 0.273. The minimum absolute atomic E-state index is 0.0979. The van der Waals surface area contributed by atoms with E-state index in [1.165, 1.54) is 10.2 Å². The molecule has 0 radical (unpaired) electrons. The number of hydrogen-bond acceptors (Lipinski definition) is 8. The zero-order valence-electron chi connectivity index (χ0n) is 20.7. The fraction of sp³-hybridized carbons (Fsp3) is 0.320. The minimum atomic E-state index is -1.23. The molecular weight excluding hydrogens is 579 g/mol. The second-order valence-electron chi connectivity index (χ2n) is 7.81. The van der Waals surface area contributed by atoms with Gasteiger partial charge in [-0.05, 0) is 0 Å². The van der Waals surface area contributed by atoms with E-state index in [0.29, 0.717) is 11.3 Å². The van der Waals surface area contributed by atoms with Crippen molar-refractivity contribution in [2.24, 2.45) is 5.73 Å². The number of ether oxygens (including phenoxy) is 1. The molecule has 0 saturated carbocycles. The number of nitrogens with one attached hydrogen (secondary N) is 3. The van der Waals surface area contributed by atoms with Crippen LogP contribution in [0.3, 0.4) is 0 Å². The molecule has 0 aliphatic rings. The van der Waals surface area contributed by atoms with Gasteiger partial charge in [0, 0.05) is 0 Å². The van der Waals surface area contributed by atoms with E-state index in [2.05, 4.69) is 16.0 Å². The summed E-state index contributed by atoms with van der Waals surface area (Å²) in [5.74, 6) is -3.09. The summed E-state index contributed by atoms with van der Waals surface area (Å²) in [4.78, 5) is 60.5. The molecule has 13 heteroatoms. The second kappa shape index (κ2) is 16.5. The van der Waals surface area contributed by atoms with Crippen molar-refractivity contribution in [2.45, 2.75) is 31.8 Å². The van der Waals surface area contributed by atoms with Gasteiger partial charge in [0.25, 0.3) is 0 Å². The molecule has 0 fully saturated rings. The standard InChI is InChI=1S/C25H30N4O7SSe/c1-2-36-22(31)14-27-24(33)19(29-21(30)13-12-18(26)25(34)35)15-37-38-20-11-7-6-10-17(20)23(32)28-16-8-4-3-5-9-16/h3-11,18-19H,2,12-15,26H2,1H3,(H,27,33)(H,28,32)(H,29,30)(H,34,35)/t18-,19-/m0/s1. The van der Waals surface area contributed by atoms with E-state index in [4.69, 9.17) is 15.6 Å². The molecule has 2 rings (SSSR count). The van der Waals surface area contributed by atoms with Crippen molar-refractivity contribution in [1.82, 2.24) is 10.6 Å². The van der Waals surface area contributed by atoms with Crippen LogP contribution in [0.25, 0.3) is 0 Å². The Kier molecular flexibility index (Phi) is 13.4. The topological polar surface area (TPSA) is 177 Å². The number of carboxylic acid groups (broad SMARTS) is 1. The van der Waals surface area contributed by atoms with E-state index in [9.17, 15) is 24.0 Å². The Hall–Kier alpha value is -3.38. The van der Waals surface area contributed by atoms with Gasteiger partial charge >= 0.3 is 230 Å². The summed E-state index contributed by atoms with van der Waals surface area (Å²) in [6, 6.07) is 14.0. The molecule has 204 valence electrons. The van der Waals surface area contributed by atoms with Crippen LogP contribution in [0.1, 0.15) is 30.1 Å². The van der Waals surface area contributed by atoms with Crippen LogP contribution in [0.5, 0.6) is 0 Å². The van der Waals surface area contributed by atoms with Crippen LogP contribution in [0.2, 0.25) is 0 Å². The van der Waals surface area contributed by atoms with Crippen LogP contribution in [0, 0.1) is 0 Å². The van der Waals surface area contributed by atoms with Gasteiger partial charge in [-0.15, -0.1) is 0 Å². The molecule has 0 aliphatic carbocycles. The van der Waals surface area contributed by atoms with Crippen molar-refractivity contribution < 1.29 is 33.8 Å². The zero-order chi connectivity index (χ0) is 27.9. The first-order valence-corrected chi connectivity index (χ1v) is 15.5. The van der Waals surface area contributed by atoms with E-state index in [-0.39, 0.29) is 51.5 Å². The van der Waals surface area contributed by atoms with Crippen LogP contribution in [0.4, 0.5) is 5.69 Å². The van der Waals surface area contributed by atoms with E-state index in [1.54, 1.807) is 31.2 Å². The van der Waals surface area contributed by atoms with Gasteiger partial charge in [-0.1, -0.05) is 0 Å². The first-order valence-electron chi connectivity index (χ1n) is 11.7. The SMILES string of the molecule is CCOC(=O)CNC(=O)[C@H](CS[Se]c1ccccc1C(=O)Nc1ccccc1)NC(=O)CC[C@H](N)C(=O)O. The van der Waals surface area contributed by atoms with Gasteiger partial charge in [-0.3, -0.25) is 0 Å². The van der Waals surface area contributed by atoms with E-state index < -0.39 is 35.8 Å². The predicted molar refractivity (Wildman–Crippen MR) is 145 cm³/mol. The number of aliphatic carboxylic acids is 1. The summed E-state index contributed by atoms with van der Waals surface area (Å²) in [5.41, 5.74) is 6.61. The van der Waals surface area contributed by atoms with Crippen molar-refractivity contribution in [3.8, 4) is 0 Å². The summed E-state index contributed by atoms with van der Waals surface area (Å²) in [5, 5.41) is 16.8. The summed E-state index contributed by atoms with van der Waals surface area (Å²) < 4.78 is 5.60. The summed E-state index contributed by atoms with van der Waals surface area (Å²) in [6.45, 7) is 1.44. The number of para-hydroxylation sites is 1. The molecule has 0 unspecified atom stereocenters. The molecule has 11 nitrogen and oxygen atoms in total. The number of rotatable bonds is 15. The van der Waals surface area contributed by atoms with Crippen LogP contribution in [0.15, 0.2) is 54.6 Å². The number of carbonyl (C=O) groups excluding carboxylic acids is 4. The third kappa shape index (κ3) is 10.9. The van der Waals surface area contributed by atoms with E-state index in [0.717, 1.165) is 4.46 Å². The molecule has 38 heavy (non-hydrogen) atoms. The van der Waals surface area contributed by atoms with E-state index in [1.807, 2.05) is 30.3 Å². The number of amides is 3. The summed E-state index contributed by atoms with van der Waals surface area (Å²) in [7, 11) is 1.37. The number of carboxylic acids is 1. The number of benzene rings is 2. The first kappa shape index (κ1) is 30.8. The Morgan fingerprint density at radius 1 is 1.05 bits per heavy atom. The molecule has 2 aromatic rings. The van der Waals surface area contributed by atoms with Crippen molar-refractivity contribution in [3.05, 3.63) is 60.2 Å². The van der Waals surface area contributed by atoms with Gasteiger partial charge in [-0.2, -0.15) is 0 Å². The van der Waals surface area contributed by atoms with Crippen molar-refractivity contribution >= 4 is 63.8 Å². The molecule has 0 heterocycles. The number of anilines is 1. The molecule has 0 spiro atoms. The van der Waals surface area contributed by atoms with Gasteiger partial charge in [0.05, 0.1) is 0 Å². The average molecular weight is 610 g/mol. The second-order valence-corrected chi connectivity index (χ2v) is 12.0. The van der Waals surface area contributed by atoms with Crippen LogP contribution < -0.4 is 26.1 Å². The summed E-state index contributed by atoms with van der Waals surface area (Å²) in [6.07, 6.45) is -0.285. The number of carbonyl (C=O) groups is 5. The van der Waals surface area contributed by atoms with Crippen molar-refractivity contribution in [2.75, 3.05) is 24.2 Å². The Balaban J connectivity index is 2.03. The van der Waals surface area contributed by atoms with E-state index >= 15 is 0 Å². The number of esters is 1. The third-order valence-corrected chi connectivity index (χ3v) is 9.15. The van der Waals surface area contributed by atoms with Crippen molar-refractivity contribution in [3.63, 3.8) is 0 Å². The Morgan fingerprint density at radius 3 is 2.42 bits per heavy atom. The fourth-order valence-electron chi connectivity index (χ4n) is 2.97. The summed E-state index contributed by atoms with van der Waals surface area (Å²) >= 11 is -0.305. The third-order valence-electron chi connectivity index (χ3n) is 4.91. The molecule has 0 bridgehead atoms. The normalized spacial score (nSPS) is 12.1. The zero-order valence-corrected chi connectivity index (χ0v) is 23.2. The number of nitrogens with two attached hydrogens (primary N) is 1. The molecule has 2 atom stereocenters. The van der Waals surface area contributed by atoms with Crippen LogP contribution in [-0.2, 0) is 23.9 Å². The maximum absolute atomic E-state index is 12.8. The Morgan fingerprint density at radius 2 is 1.74 bits per heavy atom. The maximum atomic E-state index is 12.8. The Labute approximate surface area is 229 Å². The van der Waals surface area contributed by atoms with Crippen LogP contribution >= 0.6 is 10.2 Å². The molecular formula is C25H30N4O7SSe. The number of hydrogen-bond donors (Lipinski definition) is 5.